The van der Waals surface area contributed by atoms with Gasteiger partial charge in [-0.15, -0.1) is 0 Å². The number of benzene rings is 2. The number of carbonyl (C=O) groups is 1. The predicted molar refractivity (Wildman–Crippen MR) is 116 cm³/mol. The Kier molecular flexibility index (Phi) is 5.99. The third kappa shape index (κ3) is 4.38. The van der Waals surface area contributed by atoms with E-state index >= 15 is 0 Å². The number of amides is 1. The van der Waals surface area contributed by atoms with Crippen molar-refractivity contribution in [2.24, 2.45) is 0 Å². The van der Waals surface area contributed by atoms with Gasteiger partial charge in [0.1, 0.15) is 22.8 Å². The molecule has 30 heavy (non-hydrogen) atoms. The molecule has 1 aliphatic rings. The van der Waals surface area contributed by atoms with Crippen LogP contribution in [0.25, 0.3) is 11.1 Å². The Labute approximate surface area is 178 Å². The summed E-state index contributed by atoms with van der Waals surface area (Å²) < 4.78 is 23.1. The van der Waals surface area contributed by atoms with Crippen LogP contribution in [-0.4, -0.2) is 43.1 Å². The molecular weight excluding hydrogens is 382 g/mol. The fraction of sp³-hybridized carbons (Fsp3) is 0.458. The molecule has 0 spiro atoms. The minimum atomic E-state index is -0.825. The maximum absolute atomic E-state index is 13.1. The maximum atomic E-state index is 13.1. The van der Waals surface area contributed by atoms with Gasteiger partial charge in [0.05, 0.1) is 26.9 Å². The zero-order valence-corrected chi connectivity index (χ0v) is 18.8. The van der Waals surface area contributed by atoms with E-state index in [1.54, 1.807) is 19.1 Å². The van der Waals surface area contributed by atoms with Crippen LogP contribution in [0.4, 0.5) is 4.79 Å². The molecule has 6 nitrogen and oxygen atoms in total. The van der Waals surface area contributed by atoms with Crippen molar-refractivity contribution in [1.29, 1.82) is 0 Å². The fourth-order valence-electron chi connectivity index (χ4n) is 3.74. The number of carbonyl (C=O) groups excluding carboxylic acids is 1. The van der Waals surface area contributed by atoms with Gasteiger partial charge in [-0.2, -0.15) is 0 Å². The standard InChI is InChI=1S/C24H31NO5/c1-23(2,3)30-22(26)25-20(15-29-24(25,4)5)19-14-17(27-6)13-18(21(19)28-7)16-11-9-8-10-12-16/h8-14,20H,15H2,1-7H3/t20-/m0/s1. The average molecular weight is 414 g/mol. The van der Waals surface area contributed by atoms with Crippen LogP contribution in [0.1, 0.15) is 46.2 Å². The molecule has 0 saturated carbocycles. The number of methoxy groups -OCH3 is 2. The summed E-state index contributed by atoms with van der Waals surface area (Å²) in [5.41, 5.74) is 1.26. The van der Waals surface area contributed by atoms with Crippen molar-refractivity contribution in [3.8, 4) is 22.6 Å². The summed E-state index contributed by atoms with van der Waals surface area (Å²) in [5.74, 6) is 1.36. The third-order valence-corrected chi connectivity index (χ3v) is 5.05. The number of hydrogen-bond acceptors (Lipinski definition) is 5. The molecule has 0 N–H and O–H groups in total. The molecule has 1 atom stereocenters. The van der Waals surface area contributed by atoms with Crippen LogP contribution >= 0.6 is 0 Å². The quantitative estimate of drug-likeness (QED) is 0.670. The highest BCUT2D eigenvalue weighted by Gasteiger charge is 2.47. The first-order valence-electron chi connectivity index (χ1n) is 10.0. The van der Waals surface area contributed by atoms with E-state index < -0.39 is 17.4 Å². The van der Waals surface area contributed by atoms with Gasteiger partial charge < -0.3 is 18.9 Å². The molecule has 1 heterocycles. The van der Waals surface area contributed by atoms with Crippen molar-refractivity contribution in [2.75, 3.05) is 20.8 Å². The van der Waals surface area contributed by atoms with Crippen LogP contribution in [0, 0.1) is 0 Å². The maximum Gasteiger partial charge on any atom is 0.413 e. The second-order valence-corrected chi connectivity index (χ2v) is 8.79. The van der Waals surface area contributed by atoms with Gasteiger partial charge in [-0.1, -0.05) is 30.3 Å². The van der Waals surface area contributed by atoms with Crippen molar-refractivity contribution < 1.29 is 23.7 Å². The molecule has 1 amide bonds. The highest BCUT2D eigenvalue weighted by molar-refractivity contribution is 5.76. The van der Waals surface area contributed by atoms with Crippen LogP contribution in [0.3, 0.4) is 0 Å². The predicted octanol–water partition coefficient (Wildman–Crippen LogP) is 5.42. The van der Waals surface area contributed by atoms with Crippen LogP contribution < -0.4 is 9.47 Å². The zero-order valence-electron chi connectivity index (χ0n) is 18.8. The second-order valence-electron chi connectivity index (χ2n) is 8.79. The van der Waals surface area contributed by atoms with Crippen LogP contribution in [0.15, 0.2) is 42.5 Å². The molecule has 2 aromatic carbocycles. The minimum Gasteiger partial charge on any atom is -0.497 e. The van der Waals surface area contributed by atoms with Crippen molar-refractivity contribution in [3.63, 3.8) is 0 Å². The SMILES string of the molecule is COc1cc(-c2ccccc2)c(OC)c([C@@H]2COC(C)(C)N2C(=O)OC(C)(C)C)c1. The Hall–Kier alpha value is -2.73. The Bertz CT molecular complexity index is 902. The largest absolute Gasteiger partial charge is 0.497 e. The lowest BCUT2D eigenvalue weighted by atomic mass is 9.96. The average Bonchev–Trinajstić information content (AvgIpc) is 3.01. The first kappa shape index (κ1) is 22.0. The van der Waals surface area contributed by atoms with E-state index in [9.17, 15) is 4.79 Å². The molecule has 1 saturated heterocycles. The first-order valence-corrected chi connectivity index (χ1v) is 10.0. The van der Waals surface area contributed by atoms with Crippen molar-refractivity contribution in [2.45, 2.75) is 52.0 Å². The fourth-order valence-corrected chi connectivity index (χ4v) is 3.74. The summed E-state index contributed by atoms with van der Waals surface area (Å²) >= 11 is 0. The lowest BCUT2D eigenvalue weighted by Gasteiger charge is -2.35. The molecule has 1 aliphatic heterocycles. The molecule has 2 aromatic rings. The van der Waals surface area contributed by atoms with Gasteiger partial charge in [-0.25, -0.2) is 4.79 Å². The molecule has 162 valence electrons. The Morgan fingerprint density at radius 3 is 2.33 bits per heavy atom. The molecule has 6 heteroatoms. The summed E-state index contributed by atoms with van der Waals surface area (Å²) in [6, 6.07) is 13.4. The minimum absolute atomic E-state index is 0.323. The van der Waals surface area contributed by atoms with Crippen molar-refractivity contribution in [3.05, 3.63) is 48.0 Å². The van der Waals surface area contributed by atoms with Crippen LogP contribution in [-0.2, 0) is 9.47 Å². The van der Waals surface area contributed by atoms with Crippen LogP contribution in [0.5, 0.6) is 11.5 Å². The van der Waals surface area contributed by atoms with Gasteiger partial charge in [-0.05, 0) is 52.3 Å². The molecule has 0 aliphatic carbocycles. The Morgan fingerprint density at radius 2 is 1.77 bits per heavy atom. The Balaban J connectivity index is 2.14. The van der Waals surface area contributed by atoms with E-state index in [0.29, 0.717) is 18.1 Å². The summed E-state index contributed by atoms with van der Waals surface area (Å²) in [4.78, 5) is 14.8. The number of ether oxygens (including phenoxy) is 4. The topological polar surface area (TPSA) is 57.2 Å². The lowest BCUT2D eigenvalue weighted by molar-refractivity contribution is -0.0626. The molecule has 1 fully saturated rings. The third-order valence-electron chi connectivity index (χ3n) is 5.05. The van der Waals surface area contributed by atoms with E-state index in [1.165, 1.54) is 0 Å². The zero-order chi connectivity index (χ0) is 22.1. The van der Waals surface area contributed by atoms with Crippen molar-refractivity contribution in [1.82, 2.24) is 4.90 Å². The highest BCUT2D eigenvalue weighted by atomic mass is 16.6. The smallest absolute Gasteiger partial charge is 0.413 e. The summed E-state index contributed by atoms with van der Waals surface area (Å²) in [6.45, 7) is 9.60. The summed E-state index contributed by atoms with van der Waals surface area (Å²) in [5, 5.41) is 0. The van der Waals surface area contributed by atoms with Crippen LogP contribution in [0.2, 0.25) is 0 Å². The molecule has 0 radical (unpaired) electrons. The highest BCUT2D eigenvalue weighted by Crippen LogP contribution is 2.46. The van der Waals surface area contributed by atoms with E-state index in [4.69, 9.17) is 18.9 Å². The number of rotatable bonds is 4. The van der Waals surface area contributed by atoms with Gasteiger partial charge in [0, 0.05) is 11.1 Å². The van der Waals surface area contributed by atoms with Gasteiger partial charge >= 0.3 is 6.09 Å². The van der Waals surface area contributed by atoms with E-state index in [1.807, 2.05) is 77.1 Å². The first-order chi connectivity index (χ1) is 14.1. The van der Waals surface area contributed by atoms with Gasteiger partial charge in [-0.3, -0.25) is 4.90 Å². The van der Waals surface area contributed by atoms with Gasteiger partial charge in [0.2, 0.25) is 0 Å². The second kappa shape index (κ2) is 8.19. The van der Waals surface area contributed by atoms with Gasteiger partial charge in [0.15, 0.2) is 0 Å². The monoisotopic (exact) mass is 413 g/mol. The molecule has 3 rings (SSSR count). The number of hydrogen-bond donors (Lipinski definition) is 0. The van der Waals surface area contributed by atoms with E-state index in [-0.39, 0.29) is 6.04 Å². The normalized spacial score (nSPS) is 18.2. The van der Waals surface area contributed by atoms with E-state index in [2.05, 4.69) is 0 Å². The molecule has 0 aromatic heterocycles. The number of nitrogens with zero attached hydrogens (tertiary/aromatic N) is 1. The summed E-state index contributed by atoms with van der Waals surface area (Å²) in [7, 11) is 3.26. The molecule has 0 unspecified atom stereocenters. The molecule has 0 bridgehead atoms. The van der Waals surface area contributed by atoms with Crippen molar-refractivity contribution >= 4 is 6.09 Å². The van der Waals surface area contributed by atoms with E-state index in [0.717, 1.165) is 16.7 Å². The summed E-state index contributed by atoms with van der Waals surface area (Å²) in [6.07, 6.45) is -0.430. The lowest BCUT2D eigenvalue weighted by Crippen LogP contribution is -2.47. The Morgan fingerprint density at radius 1 is 1.10 bits per heavy atom. The van der Waals surface area contributed by atoms with Gasteiger partial charge in [0.25, 0.3) is 0 Å². The molecular formula is C24H31NO5.